The van der Waals surface area contributed by atoms with Crippen LogP contribution in [-0.2, 0) is 23.9 Å². The van der Waals surface area contributed by atoms with Crippen LogP contribution in [0, 0.1) is 0 Å². The summed E-state index contributed by atoms with van der Waals surface area (Å²) < 4.78 is 38.2. The van der Waals surface area contributed by atoms with Gasteiger partial charge in [-0.3, -0.25) is 4.79 Å². The first kappa shape index (κ1) is 20.5. The fraction of sp³-hybridized carbons (Fsp3) is 0.333. The van der Waals surface area contributed by atoms with Crippen molar-refractivity contribution in [1.82, 2.24) is 10.3 Å². The summed E-state index contributed by atoms with van der Waals surface area (Å²) in [5.41, 5.74) is 0.272. The maximum Gasteiger partial charge on any atom is 0.417 e. The molecule has 1 aromatic carbocycles. The number of nitrogens with one attached hydrogen (secondary N) is 2. The monoisotopic (exact) mass is 353 g/mol. The van der Waals surface area contributed by atoms with Crippen LogP contribution in [0.5, 0.6) is 0 Å². The van der Waals surface area contributed by atoms with Crippen molar-refractivity contribution in [1.29, 1.82) is 0 Å². The Hall–Kier alpha value is -2.57. The van der Waals surface area contributed by atoms with E-state index in [-0.39, 0.29) is 24.4 Å². The molecule has 0 saturated heterocycles. The number of benzene rings is 1. The van der Waals surface area contributed by atoms with Gasteiger partial charge in [0.1, 0.15) is 5.82 Å². The first-order valence-corrected chi connectivity index (χ1v) is 7.94. The van der Waals surface area contributed by atoms with Crippen molar-refractivity contribution in [3.63, 3.8) is 0 Å². The van der Waals surface area contributed by atoms with Crippen molar-refractivity contribution in [2.45, 2.75) is 33.0 Å². The maximum atomic E-state index is 12.7. The smallest absolute Gasteiger partial charge is 0.373 e. The standard InChI is InChI=1S/C16H16F3N3O.C2H6/c1-20-15-12(8-13(10-22-15)16(17,18)19)9-21-14(23)7-11-5-3-2-4-6-11;1-2/h2-6,8,10H,7,9H2,1H3,(H,20,22)(H,21,23);1-2H3. The van der Waals surface area contributed by atoms with Gasteiger partial charge in [-0.1, -0.05) is 44.2 Å². The molecule has 0 unspecified atom stereocenters. The van der Waals surface area contributed by atoms with Gasteiger partial charge in [-0.2, -0.15) is 13.2 Å². The lowest BCUT2D eigenvalue weighted by molar-refractivity contribution is -0.137. The van der Waals surface area contributed by atoms with Gasteiger partial charge in [-0.05, 0) is 11.6 Å². The molecule has 2 aromatic rings. The molecule has 1 aromatic heterocycles. The fourth-order valence-electron chi connectivity index (χ4n) is 2.06. The maximum absolute atomic E-state index is 12.7. The molecule has 25 heavy (non-hydrogen) atoms. The van der Waals surface area contributed by atoms with Crippen molar-refractivity contribution < 1.29 is 18.0 Å². The van der Waals surface area contributed by atoms with Gasteiger partial charge in [-0.15, -0.1) is 0 Å². The molecule has 0 radical (unpaired) electrons. The molecule has 0 fully saturated rings. The summed E-state index contributed by atoms with van der Waals surface area (Å²) >= 11 is 0. The molecule has 136 valence electrons. The zero-order valence-electron chi connectivity index (χ0n) is 14.4. The topological polar surface area (TPSA) is 54.0 Å². The molecular weight excluding hydrogens is 331 g/mol. The van der Waals surface area contributed by atoms with Crippen molar-refractivity contribution >= 4 is 11.7 Å². The van der Waals surface area contributed by atoms with Crippen molar-refractivity contribution in [3.05, 3.63) is 59.3 Å². The average Bonchev–Trinajstić information content (AvgIpc) is 2.61. The molecule has 2 rings (SSSR count). The lowest BCUT2D eigenvalue weighted by atomic mass is 10.1. The number of halogens is 3. The van der Waals surface area contributed by atoms with Crippen LogP contribution in [0.2, 0.25) is 0 Å². The van der Waals surface area contributed by atoms with Gasteiger partial charge in [0.05, 0.1) is 12.0 Å². The van der Waals surface area contributed by atoms with Crippen LogP contribution < -0.4 is 10.6 Å². The number of carbonyl (C=O) groups is 1. The third kappa shape index (κ3) is 6.45. The first-order chi connectivity index (χ1) is 11.9. The summed E-state index contributed by atoms with van der Waals surface area (Å²) in [5.74, 6) is 0.0358. The highest BCUT2D eigenvalue weighted by atomic mass is 19.4. The zero-order valence-corrected chi connectivity index (χ0v) is 14.4. The van der Waals surface area contributed by atoms with Crippen molar-refractivity contribution in [2.24, 2.45) is 0 Å². The Morgan fingerprint density at radius 2 is 1.80 bits per heavy atom. The number of hydrogen-bond donors (Lipinski definition) is 2. The number of rotatable bonds is 5. The summed E-state index contributed by atoms with van der Waals surface area (Å²) in [5, 5.41) is 5.33. The van der Waals surface area contributed by atoms with E-state index in [0.29, 0.717) is 5.82 Å². The normalized spacial score (nSPS) is 10.5. The highest BCUT2D eigenvalue weighted by Gasteiger charge is 2.31. The number of pyridine rings is 1. The van der Waals surface area contributed by atoms with E-state index in [1.165, 1.54) is 0 Å². The zero-order chi connectivity index (χ0) is 18.9. The molecular formula is C18H22F3N3O. The molecule has 0 aliphatic heterocycles. The minimum Gasteiger partial charge on any atom is -0.373 e. The fourth-order valence-corrected chi connectivity index (χ4v) is 2.06. The van der Waals surface area contributed by atoms with E-state index in [2.05, 4.69) is 15.6 Å². The number of aromatic nitrogens is 1. The van der Waals surface area contributed by atoms with Crippen LogP contribution in [0.15, 0.2) is 42.6 Å². The van der Waals surface area contributed by atoms with E-state index in [0.717, 1.165) is 17.8 Å². The lowest BCUT2D eigenvalue weighted by Gasteiger charge is -2.13. The predicted molar refractivity (Wildman–Crippen MR) is 92.1 cm³/mol. The summed E-state index contributed by atoms with van der Waals surface area (Å²) in [6.45, 7) is 3.97. The van der Waals surface area contributed by atoms with Crippen LogP contribution in [0.4, 0.5) is 19.0 Å². The van der Waals surface area contributed by atoms with E-state index in [1.54, 1.807) is 7.05 Å². The second-order valence-electron chi connectivity index (χ2n) is 4.92. The molecule has 0 saturated carbocycles. The SMILES string of the molecule is CC.CNc1ncc(C(F)(F)F)cc1CNC(=O)Cc1ccccc1. The molecule has 0 bridgehead atoms. The Balaban J connectivity index is 0.00000151. The average molecular weight is 353 g/mol. The number of anilines is 1. The third-order valence-electron chi connectivity index (χ3n) is 3.21. The predicted octanol–water partition coefficient (Wildman–Crippen LogP) is 4.03. The second kappa shape index (κ2) is 9.66. The number of hydrogen-bond acceptors (Lipinski definition) is 3. The van der Waals surface area contributed by atoms with Crippen molar-refractivity contribution in [2.75, 3.05) is 12.4 Å². The van der Waals surface area contributed by atoms with E-state index < -0.39 is 11.7 Å². The quantitative estimate of drug-likeness (QED) is 0.853. The Morgan fingerprint density at radius 1 is 1.16 bits per heavy atom. The molecule has 1 heterocycles. The van der Waals surface area contributed by atoms with E-state index in [4.69, 9.17) is 0 Å². The molecule has 4 nitrogen and oxygen atoms in total. The Labute approximate surface area is 145 Å². The van der Waals surface area contributed by atoms with Gasteiger partial charge in [0.2, 0.25) is 5.91 Å². The highest BCUT2D eigenvalue weighted by Crippen LogP contribution is 2.30. The third-order valence-corrected chi connectivity index (χ3v) is 3.21. The molecule has 7 heteroatoms. The van der Waals surface area contributed by atoms with Crippen LogP contribution in [0.1, 0.15) is 30.5 Å². The van der Waals surface area contributed by atoms with Crippen LogP contribution >= 0.6 is 0 Å². The van der Waals surface area contributed by atoms with Crippen LogP contribution in [0.3, 0.4) is 0 Å². The van der Waals surface area contributed by atoms with Crippen molar-refractivity contribution in [3.8, 4) is 0 Å². The van der Waals surface area contributed by atoms with Gasteiger partial charge in [0.25, 0.3) is 0 Å². The Morgan fingerprint density at radius 3 is 2.36 bits per heavy atom. The number of carbonyl (C=O) groups excluding carboxylic acids is 1. The summed E-state index contributed by atoms with van der Waals surface area (Å²) in [4.78, 5) is 15.6. The summed E-state index contributed by atoms with van der Waals surface area (Å²) in [6, 6.07) is 10.1. The number of amides is 1. The molecule has 0 aliphatic rings. The minimum absolute atomic E-state index is 0.0290. The Kier molecular flexibility index (Phi) is 7.91. The Bertz CT molecular complexity index is 673. The van der Waals surface area contributed by atoms with Gasteiger partial charge >= 0.3 is 6.18 Å². The van der Waals surface area contributed by atoms with E-state index in [9.17, 15) is 18.0 Å². The summed E-state index contributed by atoms with van der Waals surface area (Å²) in [6.07, 6.45) is -3.54. The molecule has 0 aliphatic carbocycles. The van der Waals surface area contributed by atoms with Crippen LogP contribution in [-0.4, -0.2) is 17.9 Å². The van der Waals surface area contributed by atoms with E-state index in [1.807, 2.05) is 44.2 Å². The van der Waals surface area contributed by atoms with Crippen LogP contribution in [0.25, 0.3) is 0 Å². The molecule has 0 spiro atoms. The second-order valence-corrected chi connectivity index (χ2v) is 4.92. The van der Waals surface area contributed by atoms with Gasteiger partial charge in [0.15, 0.2) is 0 Å². The van der Waals surface area contributed by atoms with Gasteiger partial charge in [0, 0.05) is 25.4 Å². The molecule has 2 N–H and O–H groups in total. The van der Waals surface area contributed by atoms with E-state index >= 15 is 0 Å². The largest absolute Gasteiger partial charge is 0.417 e. The molecule has 1 amide bonds. The molecule has 0 atom stereocenters. The van der Waals surface area contributed by atoms with Gasteiger partial charge < -0.3 is 10.6 Å². The minimum atomic E-state index is -4.47. The first-order valence-electron chi connectivity index (χ1n) is 7.94. The van der Waals surface area contributed by atoms with Gasteiger partial charge in [-0.25, -0.2) is 4.98 Å². The summed E-state index contributed by atoms with van der Waals surface area (Å²) in [7, 11) is 1.56. The lowest BCUT2D eigenvalue weighted by Crippen LogP contribution is -2.25. The highest BCUT2D eigenvalue weighted by molar-refractivity contribution is 5.78. The number of nitrogens with zero attached hydrogens (tertiary/aromatic N) is 1. The number of alkyl halides is 3.